The van der Waals surface area contributed by atoms with Gasteiger partial charge in [-0.1, -0.05) is 30.7 Å². The van der Waals surface area contributed by atoms with E-state index in [0.717, 1.165) is 56.4 Å². The zero-order valence-electron chi connectivity index (χ0n) is 18.1. The molecule has 1 aliphatic rings. The van der Waals surface area contributed by atoms with E-state index < -0.39 is 0 Å². The Hall–Kier alpha value is -0.710. The Kier molecular flexibility index (Phi) is 13.8. The Morgan fingerprint density at radius 1 is 1.33 bits per heavy atom. The molecule has 30 heavy (non-hydrogen) atoms. The van der Waals surface area contributed by atoms with E-state index in [1.165, 1.54) is 5.56 Å². The zero-order chi connectivity index (χ0) is 21.1. The number of thioether (sulfide) groups is 1. The van der Waals surface area contributed by atoms with Gasteiger partial charge in [0.15, 0.2) is 5.96 Å². The van der Waals surface area contributed by atoms with E-state index in [-0.39, 0.29) is 29.9 Å². The monoisotopic (exact) mass is 567 g/mol. The third kappa shape index (κ3) is 9.62. The van der Waals surface area contributed by atoms with Gasteiger partial charge in [-0.05, 0) is 43.2 Å². The van der Waals surface area contributed by atoms with Crippen molar-refractivity contribution in [2.75, 3.05) is 46.0 Å². The summed E-state index contributed by atoms with van der Waals surface area (Å²) in [4.78, 5) is 18.5. The lowest BCUT2D eigenvalue weighted by molar-refractivity contribution is -0.122. The number of nitrogens with zero attached hydrogens (tertiary/aromatic N) is 2. The van der Waals surface area contributed by atoms with Crippen molar-refractivity contribution in [1.29, 1.82) is 0 Å². The van der Waals surface area contributed by atoms with Gasteiger partial charge in [-0.15, -0.1) is 24.0 Å². The number of rotatable bonds is 9. The Balaban J connectivity index is 0.00000450. The van der Waals surface area contributed by atoms with Crippen LogP contribution in [0.3, 0.4) is 0 Å². The first kappa shape index (κ1) is 27.3. The SMILES string of the molecule is CCCNC(=O)CN1CCC(NC(=NC)NCC(SC)c2cccc(Cl)c2)CC1.I. The van der Waals surface area contributed by atoms with Crippen molar-refractivity contribution < 1.29 is 4.79 Å². The van der Waals surface area contributed by atoms with Crippen molar-refractivity contribution in [3.8, 4) is 0 Å². The smallest absolute Gasteiger partial charge is 0.234 e. The van der Waals surface area contributed by atoms with Crippen LogP contribution in [-0.4, -0.2) is 68.8 Å². The van der Waals surface area contributed by atoms with Crippen molar-refractivity contribution in [3.05, 3.63) is 34.9 Å². The summed E-state index contributed by atoms with van der Waals surface area (Å²) in [5, 5.41) is 11.0. The number of halogens is 2. The number of piperidine rings is 1. The molecule has 1 heterocycles. The van der Waals surface area contributed by atoms with Gasteiger partial charge in [0.05, 0.1) is 6.54 Å². The number of likely N-dealkylation sites (tertiary alicyclic amines) is 1. The van der Waals surface area contributed by atoms with Gasteiger partial charge in [-0.2, -0.15) is 11.8 Å². The van der Waals surface area contributed by atoms with Gasteiger partial charge < -0.3 is 16.0 Å². The van der Waals surface area contributed by atoms with Gasteiger partial charge in [0.25, 0.3) is 0 Å². The topological polar surface area (TPSA) is 68.8 Å². The molecule has 6 nitrogen and oxygen atoms in total. The number of amides is 1. The van der Waals surface area contributed by atoms with Gasteiger partial charge in [0.1, 0.15) is 0 Å². The van der Waals surface area contributed by atoms with Gasteiger partial charge in [-0.25, -0.2) is 0 Å². The molecule has 0 aliphatic carbocycles. The third-order valence-electron chi connectivity index (χ3n) is 5.05. The number of benzene rings is 1. The minimum Gasteiger partial charge on any atom is -0.355 e. The first-order valence-electron chi connectivity index (χ1n) is 10.3. The molecule has 2 rings (SSSR count). The highest BCUT2D eigenvalue weighted by molar-refractivity contribution is 14.0. The fraction of sp³-hybridized carbons (Fsp3) is 0.619. The van der Waals surface area contributed by atoms with Crippen LogP contribution in [-0.2, 0) is 4.79 Å². The Morgan fingerprint density at radius 2 is 2.07 bits per heavy atom. The number of guanidine groups is 1. The molecule has 1 fully saturated rings. The Morgan fingerprint density at radius 3 is 2.67 bits per heavy atom. The second-order valence-electron chi connectivity index (χ2n) is 7.28. The van der Waals surface area contributed by atoms with Crippen LogP contribution in [0.2, 0.25) is 5.02 Å². The average Bonchev–Trinajstić information content (AvgIpc) is 2.73. The van der Waals surface area contributed by atoms with E-state index in [2.05, 4.69) is 45.1 Å². The zero-order valence-corrected chi connectivity index (χ0v) is 22.0. The maximum absolute atomic E-state index is 11.9. The normalized spacial score (nSPS) is 16.5. The minimum atomic E-state index is 0. The molecular weight excluding hydrogens is 533 g/mol. The maximum Gasteiger partial charge on any atom is 0.234 e. The third-order valence-corrected chi connectivity index (χ3v) is 6.29. The summed E-state index contributed by atoms with van der Waals surface area (Å²) in [5.41, 5.74) is 1.21. The molecule has 1 atom stereocenters. The number of hydrogen-bond acceptors (Lipinski definition) is 4. The van der Waals surface area contributed by atoms with Crippen LogP contribution in [0.25, 0.3) is 0 Å². The second-order valence-corrected chi connectivity index (χ2v) is 8.75. The first-order valence-corrected chi connectivity index (χ1v) is 12.0. The maximum atomic E-state index is 11.9. The van der Waals surface area contributed by atoms with Crippen molar-refractivity contribution in [1.82, 2.24) is 20.9 Å². The van der Waals surface area contributed by atoms with E-state index in [4.69, 9.17) is 11.6 Å². The number of nitrogens with one attached hydrogen (secondary N) is 3. The molecule has 1 aromatic rings. The van der Waals surface area contributed by atoms with Crippen molar-refractivity contribution in [2.24, 2.45) is 4.99 Å². The van der Waals surface area contributed by atoms with Gasteiger partial charge in [-0.3, -0.25) is 14.7 Å². The molecule has 1 amide bonds. The minimum absolute atomic E-state index is 0. The Bertz CT molecular complexity index is 671. The fourth-order valence-electron chi connectivity index (χ4n) is 3.38. The first-order chi connectivity index (χ1) is 14.0. The molecule has 170 valence electrons. The van der Waals surface area contributed by atoms with Crippen LogP contribution in [0.5, 0.6) is 0 Å². The summed E-state index contributed by atoms with van der Waals surface area (Å²) in [6.07, 6.45) is 5.08. The van der Waals surface area contributed by atoms with Crippen LogP contribution >= 0.6 is 47.3 Å². The van der Waals surface area contributed by atoms with E-state index in [9.17, 15) is 4.79 Å². The predicted molar refractivity (Wildman–Crippen MR) is 140 cm³/mol. The van der Waals surface area contributed by atoms with E-state index in [1.54, 1.807) is 18.8 Å². The molecule has 1 unspecified atom stereocenters. The summed E-state index contributed by atoms with van der Waals surface area (Å²) in [6.45, 7) is 5.93. The molecule has 1 saturated heterocycles. The van der Waals surface area contributed by atoms with Gasteiger partial charge in [0, 0.05) is 49.5 Å². The van der Waals surface area contributed by atoms with Crippen LogP contribution < -0.4 is 16.0 Å². The number of hydrogen-bond donors (Lipinski definition) is 3. The predicted octanol–water partition coefficient (Wildman–Crippen LogP) is 3.52. The number of aliphatic imine (C=N–C) groups is 1. The molecule has 1 aliphatic heterocycles. The number of carbonyl (C=O) groups is 1. The fourth-order valence-corrected chi connectivity index (χ4v) is 4.25. The average molecular weight is 568 g/mol. The molecule has 0 radical (unpaired) electrons. The van der Waals surface area contributed by atoms with Crippen molar-refractivity contribution in [3.63, 3.8) is 0 Å². The molecule has 0 spiro atoms. The van der Waals surface area contributed by atoms with E-state index >= 15 is 0 Å². The van der Waals surface area contributed by atoms with Crippen LogP contribution in [0.15, 0.2) is 29.3 Å². The van der Waals surface area contributed by atoms with Crippen LogP contribution in [0, 0.1) is 0 Å². The van der Waals surface area contributed by atoms with E-state index in [1.807, 2.05) is 18.2 Å². The summed E-state index contributed by atoms with van der Waals surface area (Å²) >= 11 is 7.93. The molecule has 0 bridgehead atoms. The number of carbonyl (C=O) groups excluding carboxylic acids is 1. The van der Waals surface area contributed by atoms with Crippen molar-refractivity contribution in [2.45, 2.75) is 37.5 Å². The second kappa shape index (κ2) is 15.2. The Labute approximate surface area is 207 Å². The van der Waals surface area contributed by atoms with E-state index in [0.29, 0.717) is 17.8 Å². The molecule has 0 saturated carbocycles. The summed E-state index contributed by atoms with van der Waals surface area (Å²) < 4.78 is 0. The molecule has 0 aromatic heterocycles. The highest BCUT2D eigenvalue weighted by Gasteiger charge is 2.21. The largest absolute Gasteiger partial charge is 0.355 e. The molecule has 3 N–H and O–H groups in total. The quantitative estimate of drug-likeness (QED) is 0.242. The van der Waals surface area contributed by atoms with Crippen LogP contribution in [0.4, 0.5) is 0 Å². The van der Waals surface area contributed by atoms with Crippen LogP contribution in [0.1, 0.15) is 37.0 Å². The summed E-state index contributed by atoms with van der Waals surface area (Å²) in [5.74, 6) is 0.949. The lowest BCUT2D eigenvalue weighted by Gasteiger charge is -2.32. The lowest BCUT2D eigenvalue weighted by Crippen LogP contribution is -2.50. The van der Waals surface area contributed by atoms with Crippen molar-refractivity contribution >= 4 is 59.2 Å². The molecule has 1 aromatic carbocycles. The standard InChI is InChI=1S/C21H34ClN5OS.HI/c1-4-10-24-20(28)15-27-11-8-18(9-12-27)26-21(23-2)25-14-19(29-3)16-6-5-7-17(22)13-16;/h5-7,13,18-19H,4,8-12,14-15H2,1-3H3,(H,24,28)(H2,23,25,26);1H. The molecule has 9 heteroatoms. The van der Waals surface area contributed by atoms with Gasteiger partial charge in [0.2, 0.25) is 5.91 Å². The summed E-state index contributed by atoms with van der Waals surface area (Å²) in [6, 6.07) is 8.39. The lowest BCUT2D eigenvalue weighted by atomic mass is 10.1. The van der Waals surface area contributed by atoms with Gasteiger partial charge >= 0.3 is 0 Å². The highest BCUT2D eigenvalue weighted by atomic mass is 127. The highest BCUT2D eigenvalue weighted by Crippen LogP contribution is 2.27. The molecular formula is C21H35ClIN5OS. The summed E-state index contributed by atoms with van der Waals surface area (Å²) in [7, 11) is 1.80.